The standard InChI is InChI=1S/C13H21N5O2/c1-10-4-3-6-16-11(10)5-8-18(12(14)15)13(19)17-7-9-20-2/h3-4,6H,5,7-9H2,1-2H3,(H3,14,15)(H,17,19). The summed E-state index contributed by atoms with van der Waals surface area (Å²) in [5, 5.41) is 10.1. The number of hydrogen-bond donors (Lipinski definition) is 3. The van der Waals surface area contributed by atoms with Gasteiger partial charge in [0.05, 0.1) is 6.61 Å². The van der Waals surface area contributed by atoms with Gasteiger partial charge in [0.1, 0.15) is 0 Å². The van der Waals surface area contributed by atoms with Crippen molar-refractivity contribution in [2.75, 3.05) is 26.8 Å². The summed E-state index contributed by atoms with van der Waals surface area (Å²) in [6.07, 6.45) is 2.25. The van der Waals surface area contributed by atoms with E-state index in [2.05, 4.69) is 10.3 Å². The van der Waals surface area contributed by atoms with Gasteiger partial charge >= 0.3 is 6.03 Å². The van der Waals surface area contributed by atoms with Crippen LogP contribution in [-0.2, 0) is 11.2 Å². The Morgan fingerprint density at radius 3 is 2.95 bits per heavy atom. The van der Waals surface area contributed by atoms with Crippen LogP contribution in [0.2, 0.25) is 0 Å². The summed E-state index contributed by atoms with van der Waals surface area (Å²) >= 11 is 0. The molecule has 20 heavy (non-hydrogen) atoms. The van der Waals surface area contributed by atoms with Crippen LogP contribution in [0, 0.1) is 12.3 Å². The smallest absolute Gasteiger partial charge is 0.324 e. The quantitative estimate of drug-likeness (QED) is 0.400. The van der Waals surface area contributed by atoms with Crippen LogP contribution < -0.4 is 11.1 Å². The first-order chi connectivity index (χ1) is 9.56. The van der Waals surface area contributed by atoms with Crippen LogP contribution in [0.4, 0.5) is 4.79 Å². The Labute approximate surface area is 118 Å². The van der Waals surface area contributed by atoms with Crippen molar-refractivity contribution in [2.45, 2.75) is 13.3 Å². The molecule has 4 N–H and O–H groups in total. The third-order valence-electron chi connectivity index (χ3n) is 2.81. The van der Waals surface area contributed by atoms with E-state index >= 15 is 0 Å². The van der Waals surface area contributed by atoms with Gasteiger partial charge in [-0.25, -0.2) is 4.79 Å². The number of urea groups is 1. The molecule has 7 nitrogen and oxygen atoms in total. The van der Waals surface area contributed by atoms with Gasteiger partial charge in [-0.1, -0.05) is 6.07 Å². The lowest BCUT2D eigenvalue weighted by molar-refractivity contribution is 0.190. The highest BCUT2D eigenvalue weighted by molar-refractivity contribution is 5.93. The van der Waals surface area contributed by atoms with Crippen molar-refractivity contribution >= 4 is 12.0 Å². The Morgan fingerprint density at radius 2 is 2.35 bits per heavy atom. The molecule has 1 heterocycles. The molecule has 0 unspecified atom stereocenters. The highest BCUT2D eigenvalue weighted by atomic mass is 16.5. The van der Waals surface area contributed by atoms with Crippen LogP contribution in [-0.4, -0.2) is 48.7 Å². The SMILES string of the molecule is COCCNC(=O)N(CCc1ncccc1C)C(=N)N. The van der Waals surface area contributed by atoms with Gasteiger partial charge in [-0.15, -0.1) is 0 Å². The second-order valence-corrected chi connectivity index (χ2v) is 4.28. The molecule has 110 valence electrons. The Bertz CT molecular complexity index is 464. The lowest BCUT2D eigenvalue weighted by atomic mass is 10.1. The lowest BCUT2D eigenvalue weighted by Crippen LogP contribution is -2.48. The highest BCUT2D eigenvalue weighted by Crippen LogP contribution is 2.05. The molecule has 0 saturated heterocycles. The number of aromatic nitrogens is 1. The largest absolute Gasteiger partial charge is 0.383 e. The number of nitrogens with two attached hydrogens (primary N) is 1. The predicted molar refractivity (Wildman–Crippen MR) is 76.6 cm³/mol. The van der Waals surface area contributed by atoms with Crippen molar-refractivity contribution in [3.05, 3.63) is 29.6 Å². The fourth-order valence-corrected chi connectivity index (χ4v) is 1.68. The molecule has 1 aromatic heterocycles. The number of guanidine groups is 1. The van der Waals surface area contributed by atoms with Gasteiger partial charge in [-0.3, -0.25) is 15.3 Å². The first-order valence-corrected chi connectivity index (χ1v) is 6.35. The molecular weight excluding hydrogens is 258 g/mol. The zero-order chi connectivity index (χ0) is 15.0. The number of rotatable bonds is 6. The zero-order valence-corrected chi connectivity index (χ0v) is 11.8. The molecule has 7 heteroatoms. The summed E-state index contributed by atoms with van der Waals surface area (Å²) in [7, 11) is 1.55. The maximum absolute atomic E-state index is 11.9. The van der Waals surface area contributed by atoms with Gasteiger partial charge in [-0.05, 0) is 18.6 Å². The Kier molecular flexibility index (Phi) is 6.45. The number of methoxy groups -OCH3 is 1. The second kappa shape index (κ2) is 8.11. The highest BCUT2D eigenvalue weighted by Gasteiger charge is 2.16. The van der Waals surface area contributed by atoms with E-state index in [0.717, 1.165) is 11.3 Å². The van der Waals surface area contributed by atoms with Crippen molar-refractivity contribution < 1.29 is 9.53 Å². The average molecular weight is 279 g/mol. The molecule has 0 bridgehead atoms. The number of hydrogen-bond acceptors (Lipinski definition) is 4. The van der Waals surface area contributed by atoms with Gasteiger partial charge in [0.25, 0.3) is 0 Å². The van der Waals surface area contributed by atoms with Crippen molar-refractivity contribution in [3.8, 4) is 0 Å². The van der Waals surface area contributed by atoms with E-state index in [1.54, 1.807) is 13.3 Å². The monoisotopic (exact) mass is 279 g/mol. The second-order valence-electron chi connectivity index (χ2n) is 4.28. The summed E-state index contributed by atoms with van der Waals surface area (Å²) in [6.45, 7) is 3.06. The maximum atomic E-state index is 11.9. The molecule has 0 spiro atoms. The van der Waals surface area contributed by atoms with Gasteiger partial charge in [-0.2, -0.15) is 0 Å². The molecule has 0 radical (unpaired) electrons. The van der Waals surface area contributed by atoms with E-state index in [4.69, 9.17) is 15.9 Å². The third kappa shape index (κ3) is 4.85. The minimum absolute atomic E-state index is 0.284. The molecular formula is C13H21N5O2. The van der Waals surface area contributed by atoms with Crippen LogP contribution in [0.1, 0.15) is 11.3 Å². The van der Waals surface area contributed by atoms with Gasteiger partial charge in [0.15, 0.2) is 5.96 Å². The number of aryl methyl sites for hydroxylation is 1. The number of amides is 2. The summed E-state index contributed by atoms with van der Waals surface area (Å²) in [6, 6.07) is 3.42. The normalized spacial score (nSPS) is 10.1. The van der Waals surface area contributed by atoms with E-state index in [1.165, 1.54) is 4.90 Å². The van der Waals surface area contributed by atoms with Crippen LogP contribution in [0.3, 0.4) is 0 Å². The maximum Gasteiger partial charge on any atom is 0.324 e. The van der Waals surface area contributed by atoms with Gasteiger partial charge < -0.3 is 15.8 Å². The Balaban J connectivity index is 2.57. The van der Waals surface area contributed by atoms with E-state index in [1.807, 2.05) is 19.1 Å². The minimum atomic E-state index is -0.400. The number of pyridine rings is 1. The molecule has 0 aliphatic heterocycles. The number of carbonyl (C=O) groups excluding carboxylic acids is 1. The third-order valence-corrected chi connectivity index (χ3v) is 2.81. The van der Waals surface area contributed by atoms with Crippen molar-refractivity contribution in [1.29, 1.82) is 5.41 Å². The van der Waals surface area contributed by atoms with Gasteiger partial charge in [0.2, 0.25) is 0 Å². The van der Waals surface area contributed by atoms with Gasteiger partial charge in [0, 0.05) is 38.5 Å². The fraction of sp³-hybridized carbons (Fsp3) is 0.462. The van der Waals surface area contributed by atoms with Crippen LogP contribution in [0.15, 0.2) is 18.3 Å². The summed E-state index contributed by atoms with van der Waals surface area (Å²) < 4.78 is 4.85. The molecule has 1 rings (SSSR count). The van der Waals surface area contributed by atoms with Crippen molar-refractivity contribution in [1.82, 2.24) is 15.2 Å². The molecule has 0 fully saturated rings. The molecule has 2 amide bonds. The van der Waals surface area contributed by atoms with E-state index in [0.29, 0.717) is 26.1 Å². The van der Waals surface area contributed by atoms with Crippen LogP contribution >= 0.6 is 0 Å². The minimum Gasteiger partial charge on any atom is -0.383 e. The van der Waals surface area contributed by atoms with E-state index in [-0.39, 0.29) is 5.96 Å². The molecule has 1 aromatic rings. The van der Waals surface area contributed by atoms with Crippen molar-refractivity contribution in [2.24, 2.45) is 5.73 Å². The molecule has 0 saturated carbocycles. The number of carbonyl (C=O) groups is 1. The molecule has 0 aromatic carbocycles. The number of nitrogens with one attached hydrogen (secondary N) is 2. The fourth-order valence-electron chi connectivity index (χ4n) is 1.68. The molecule has 0 aliphatic carbocycles. The lowest BCUT2D eigenvalue weighted by Gasteiger charge is -2.21. The summed E-state index contributed by atoms with van der Waals surface area (Å²) in [5.74, 6) is -0.284. The summed E-state index contributed by atoms with van der Waals surface area (Å²) in [4.78, 5) is 17.3. The first kappa shape index (κ1) is 15.9. The Morgan fingerprint density at radius 1 is 1.60 bits per heavy atom. The van der Waals surface area contributed by atoms with Crippen molar-refractivity contribution in [3.63, 3.8) is 0 Å². The number of nitrogens with zero attached hydrogens (tertiary/aromatic N) is 2. The van der Waals surface area contributed by atoms with Crippen LogP contribution in [0.25, 0.3) is 0 Å². The Hall–Kier alpha value is -2.15. The zero-order valence-electron chi connectivity index (χ0n) is 11.8. The van der Waals surface area contributed by atoms with E-state index < -0.39 is 6.03 Å². The average Bonchev–Trinajstić information content (AvgIpc) is 2.41. The number of ether oxygens (including phenoxy) is 1. The topological polar surface area (TPSA) is 104 Å². The predicted octanol–water partition coefficient (Wildman–Crippen LogP) is 0.484. The van der Waals surface area contributed by atoms with Crippen LogP contribution in [0.5, 0.6) is 0 Å². The van der Waals surface area contributed by atoms with E-state index in [9.17, 15) is 4.79 Å². The first-order valence-electron chi connectivity index (χ1n) is 6.35. The molecule has 0 aliphatic rings. The summed E-state index contributed by atoms with van der Waals surface area (Å²) in [5.41, 5.74) is 7.38. The molecule has 0 atom stereocenters.